The van der Waals surface area contributed by atoms with Crippen LogP contribution in [0.15, 0.2) is 36.5 Å². The molecule has 0 amide bonds. The third-order valence-electron chi connectivity index (χ3n) is 2.71. The van der Waals surface area contributed by atoms with E-state index in [9.17, 15) is 8.42 Å². The summed E-state index contributed by atoms with van der Waals surface area (Å²) < 4.78 is 22.9. The minimum absolute atomic E-state index is 0.0800. The van der Waals surface area contributed by atoms with E-state index in [1.54, 1.807) is 41.4 Å². The number of nitrogens with one attached hydrogen (secondary N) is 2. The average molecular weight is 280 g/mol. The zero-order chi connectivity index (χ0) is 14.0. The van der Waals surface area contributed by atoms with Gasteiger partial charge in [-0.25, -0.2) is 8.42 Å². The zero-order valence-corrected chi connectivity index (χ0v) is 11.3. The Bertz CT molecular complexity index is 624. The van der Waals surface area contributed by atoms with E-state index in [0.717, 1.165) is 0 Å². The van der Waals surface area contributed by atoms with Crippen LogP contribution in [0.2, 0.25) is 0 Å². The number of amidine groups is 1. The molecule has 102 valence electrons. The van der Waals surface area contributed by atoms with Crippen LogP contribution in [0.1, 0.15) is 5.56 Å². The van der Waals surface area contributed by atoms with Crippen molar-refractivity contribution < 1.29 is 8.42 Å². The largest absolute Gasteiger partial charge is 0.359 e. The topological polar surface area (TPSA) is 99.3 Å². The standard InChI is InChI=1S/C12H16N4O2S/c1-19(17,18)8-9-4-2-3-5-10(9)16-11(13)6-7-15-12(16)14/h2-7,12-13,15H,8,14H2,1H3. The molecule has 1 aliphatic heterocycles. The Morgan fingerprint density at radius 2 is 2.11 bits per heavy atom. The van der Waals surface area contributed by atoms with Gasteiger partial charge in [-0.1, -0.05) is 18.2 Å². The third kappa shape index (κ3) is 3.12. The van der Waals surface area contributed by atoms with E-state index in [1.165, 1.54) is 6.26 Å². The third-order valence-corrected chi connectivity index (χ3v) is 3.55. The molecule has 0 bridgehead atoms. The Hall–Kier alpha value is -1.86. The Balaban J connectivity index is 2.45. The number of benzene rings is 1. The Kier molecular flexibility index (Phi) is 3.59. The molecular formula is C12H16N4O2S. The van der Waals surface area contributed by atoms with E-state index in [1.807, 2.05) is 0 Å². The fourth-order valence-corrected chi connectivity index (χ4v) is 2.77. The summed E-state index contributed by atoms with van der Waals surface area (Å²) in [6.07, 6.45) is 3.77. The van der Waals surface area contributed by atoms with Gasteiger partial charge in [0.05, 0.1) is 5.75 Å². The molecule has 19 heavy (non-hydrogen) atoms. The van der Waals surface area contributed by atoms with Crippen molar-refractivity contribution in [3.05, 3.63) is 42.1 Å². The first-order valence-corrected chi connectivity index (χ1v) is 7.76. The van der Waals surface area contributed by atoms with Gasteiger partial charge in [-0.3, -0.25) is 16.0 Å². The van der Waals surface area contributed by atoms with Crippen molar-refractivity contribution in [2.75, 3.05) is 11.2 Å². The van der Waals surface area contributed by atoms with Crippen molar-refractivity contribution in [2.24, 2.45) is 5.73 Å². The Labute approximate surface area is 112 Å². The van der Waals surface area contributed by atoms with Gasteiger partial charge in [0.2, 0.25) is 0 Å². The van der Waals surface area contributed by atoms with Crippen molar-refractivity contribution in [2.45, 2.75) is 12.0 Å². The van der Waals surface area contributed by atoms with Crippen molar-refractivity contribution in [3.63, 3.8) is 0 Å². The first-order valence-electron chi connectivity index (χ1n) is 5.70. The lowest BCUT2D eigenvalue weighted by Crippen LogP contribution is -2.55. The number of nitrogens with two attached hydrogens (primary N) is 1. The van der Waals surface area contributed by atoms with Gasteiger partial charge in [-0.05, 0) is 17.7 Å². The maximum Gasteiger partial charge on any atom is 0.158 e. The summed E-state index contributed by atoms with van der Waals surface area (Å²) in [4.78, 5) is 1.56. The van der Waals surface area contributed by atoms with Crippen LogP contribution < -0.4 is 16.0 Å². The SMILES string of the molecule is CS(=O)(=O)Cc1ccccc1N1C(=N)C=CNC1N. The van der Waals surface area contributed by atoms with Gasteiger partial charge < -0.3 is 5.32 Å². The molecule has 0 spiro atoms. The number of anilines is 1. The highest BCUT2D eigenvalue weighted by atomic mass is 32.2. The fraction of sp³-hybridized carbons (Fsp3) is 0.250. The van der Waals surface area contributed by atoms with Gasteiger partial charge in [0.1, 0.15) is 5.84 Å². The molecule has 1 atom stereocenters. The number of sulfone groups is 1. The highest BCUT2D eigenvalue weighted by molar-refractivity contribution is 7.89. The average Bonchev–Trinajstić information content (AvgIpc) is 2.29. The number of para-hydroxylation sites is 1. The Morgan fingerprint density at radius 1 is 1.42 bits per heavy atom. The van der Waals surface area contributed by atoms with Crippen molar-refractivity contribution in [3.8, 4) is 0 Å². The summed E-state index contributed by atoms with van der Waals surface area (Å²) in [7, 11) is -3.15. The number of nitrogens with zero attached hydrogens (tertiary/aromatic N) is 1. The quantitative estimate of drug-likeness (QED) is 0.743. The molecule has 0 radical (unpaired) electrons. The van der Waals surface area contributed by atoms with Crippen LogP contribution in [-0.2, 0) is 15.6 Å². The van der Waals surface area contributed by atoms with Gasteiger partial charge in [-0.2, -0.15) is 0 Å². The molecule has 0 saturated carbocycles. The lowest BCUT2D eigenvalue weighted by molar-refractivity contribution is 0.599. The molecule has 0 aromatic heterocycles. The predicted octanol–water partition coefficient (Wildman–Crippen LogP) is 0.374. The summed E-state index contributed by atoms with van der Waals surface area (Å²) in [6.45, 7) is 0. The zero-order valence-electron chi connectivity index (χ0n) is 10.5. The lowest BCUT2D eigenvalue weighted by Gasteiger charge is -2.34. The summed E-state index contributed by atoms with van der Waals surface area (Å²) in [5.41, 5.74) is 7.16. The van der Waals surface area contributed by atoms with Crippen LogP contribution in [0.4, 0.5) is 5.69 Å². The molecule has 1 aliphatic rings. The smallest absolute Gasteiger partial charge is 0.158 e. The van der Waals surface area contributed by atoms with Crippen LogP contribution in [0.3, 0.4) is 0 Å². The molecule has 0 fully saturated rings. The van der Waals surface area contributed by atoms with Crippen LogP contribution in [0, 0.1) is 5.41 Å². The second kappa shape index (κ2) is 5.02. The highest BCUT2D eigenvalue weighted by Gasteiger charge is 2.23. The predicted molar refractivity (Wildman–Crippen MR) is 75.4 cm³/mol. The van der Waals surface area contributed by atoms with Gasteiger partial charge >= 0.3 is 0 Å². The van der Waals surface area contributed by atoms with E-state index in [2.05, 4.69) is 5.32 Å². The van der Waals surface area contributed by atoms with Crippen molar-refractivity contribution in [1.29, 1.82) is 5.41 Å². The number of rotatable bonds is 3. The van der Waals surface area contributed by atoms with E-state index in [0.29, 0.717) is 11.3 Å². The monoisotopic (exact) mass is 280 g/mol. The summed E-state index contributed by atoms with van der Waals surface area (Å²) in [5.74, 6) is 0.135. The second-order valence-corrected chi connectivity index (χ2v) is 6.54. The molecule has 7 heteroatoms. The van der Waals surface area contributed by atoms with E-state index in [4.69, 9.17) is 11.1 Å². The first-order chi connectivity index (χ1) is 8.88. The second-order valence-electron chi connectivity index (χ2n) is 4.40. The lowest BCUT2D eigenvalue weighted by atomic mass is 10.1. The van der Waals surface area contributed by atoms with Crippen LogP contribution in [0.5, 0.6) is 0 Å². The summed E-state index contributed by atoms with van der Waals surface area (Å²) in [5, 5.41) is 10.8. The molecule has 1 aromatic carbocycles. The minimum atomic E-state index is -3.15. The Morgan fingerprint density at radius 3 is 2.74 bits per heavy atom. The van der Waals surface area contributed by atoms with Crippen LogP contribution in [-0.4, -0.2) is 26.8 Å². The molecule has 0 aliphatic carbocycles. The molecule has 1 heterocycles. The van der Waals surface area contributed by atoms with Crippen LogP contribution >= 0.6 is 0 Å². The van der Waals surface area contributed by atoms with Crippen LogP contribution in [0.25, 0.3) is 0 Å². The minimum Gasteiger partial charge on any atom is -0.359 e. The number of hydrogen-bond donors (Lipinski definition) is 3. The summed E-state index contributed by atoms with van der Waals surface area (Å²) in [6, 6.07) is 7.05. The van der Waals surface area contributed by atoms with Crippen molar-refractivity contribution >= 4 is 21.4 Å². The molecule has 1 unspecified atom stereocenters. The molecule has 6 nitrogen and oxygen atoms in total. The van der Waals surface area contributed by atoms with E-state index < -0.39 is 16.1 Å². The van der Waals surface area contributed by atoms with Gasteiger partial charge in [0, 0.05) is 18.1 Å². The molecule has 4 N–H and O–H groups in total. The first kappa shape index (κ1) is 13.6. The van der Waals surface area contributed by atoms with Gasteiger partial charge in [0.15, 0.2) is 16.1 Å². The van der Waals surface area contributed by atoms with E-state index >= 15 is 0 Å². The molecule has 2 rings (SSSR count). The highest BCUT2D eigenvalue weighted by Crippen LogP contribution is 2.24. The van der Waals surface area contributed by atoms with Crippen molar-refractivity contribution in [1.82, 2.24) is 5.32 Å². The van der Waals surface area contributed by atoms with E-state index in [-0.39, 0.29) is 11.6 Å². The number of hydrogen-bond acceptors (Lipinski definition) is 5. The maximum absolute atomic E-state index is 11.5. The molecule has 0 saturated heterocycles. The maximum atomic E-state index is 11.5. The summed E-state index contributed by atoms with van der Waals surface area (Å²) >= 11 is 0. The normalized spacial score (nSPS) is 19.4. The fourth-order valence-electron chi connectivity index (χ4n) is 1.96. The van der Waals surface area contributed by atoms with Gasteiger partial charge in [-0.15, -0.1) is 0 Å². The van der Waals surface area contributed by atoms with Gasteiger partial charge in [0.25, 0.3) is 0 Å². The molecule has 1 aromatic rings. The molecular weight excluding hydrogens is 264 g/mol.